The van der Waals surface area contributed by atoms with Crippen molar-refractivity contribution in [2.24, 2.45) is 17.8 Å². The van der Waals surface area contributed by atoms with E-state index in [-0.39, 0.29) is 36.5 Å². The monoisotopic (exact) mass is 848 g/mol. The molecule has 5 heterocycles. The Labute approximate surface area is 350 Å². The molecule has 3 aromatic rings. The third-order valence-electron chi connectivity index (χ3n) is 12.8. The third-order valence-corrected chi connectivity index (χ3v) is 15.5. The van der Waals surface area contributed by atoms with Gasteiger partial charge in [0.1, 0.15) is 46.5 Å². The average molecular weight is 849 g/mol. The van der Waals surface area contributed by atoms with E-state index in [2.05, 4.69) is 35.4 Å². The van der Waals surface area contributed by atoms with Crippen molar-refractivity contribution in [3.8, 4) is 22.2 Å². The molecule has 318 valence electrons. The molecule has 3 aliphatic heterocycles. The van der Waals surface area contributed by atoms with Gasteiger partial charge in [0.25, 0.3) is 5.91 Å². The van der Waals surface area contributed by atoms with E-state index in [1.54, 1.807) is 11.0 Å². The van der Waals surface area contributed by atoms with Crippen molar-refractivity contribution in [1.29, 1.82) is 0 Å². The van der Waals surface area contributed by atoms with Crippen molar-refractivity contribution >= 4 is 50.0 Å². The molecule has 59 heavy (non-hydrogen) atoms. The van der Waals surface area contributed by atoms with Crippen LogP contribution in [0, 0.1) is 24.7 Å². The van der Waals surface area contributed by atoms with Gasteiger partial charge in [-0.25, -0.2) is 18.4 Å². The van der Waals surface area contributed by atoms with Crippen molar-refractivity contribution in [2.75, 3.05) is 39.5 Å². The number of piperidine rings is 1. The highest BCUT2D eigenvalue weighted by molar-refractivity contribution is 7.91. The molecule has 3 amide bonds. The molecule has 0 bridgehead atoms. The Balaban J connectivity index is 1.11. The number of benzene rings is 1. The number of hydrogen-bond acceptors (Lipinski definition) is 12. The maximum absolute atomic E-state index is 14.5. The van der Waals surface area contributed by atoms with Gasteiger partial charge >= 0.3 is 0 Å². The predicted molar refractivity (Wildman–Crippen MR) is 225 cm³/mol. The van der Waals surface area contributed by atoms with Gasteiger partial charge in [0.05, 0.1) is 35.7 Å². The molecule has 8 rings (SSSR count). The third kappa shape index (κ3) is 8.21. The predicted octanol–water partition coefficient (Wildman–Crippen LogP) is 4.95. The lowest BCUT2D eigenvalue weighted by Gasteiger charge is -2.40. The number of thiazole rings is 1. The van der Waals surface area contributed by atoms with Crippen molar-refractivity contribution in [3.05, 3.63) is 47.5 Å². The van der Waals surface area contributed by atoms with E-state index in [1.807, 2.05) is 44.4 Å². The molecule has 1 unspecified atom stereocenters. The minimum Gasteiger partial charge on any atom is -0.492 e. The number of aromatic nitrogens is 2. The molecule has 0 radical (unpaired) electrons. The molecule has 14 nitrogen and oxygen atoms in total. The molecule has 3 saturated heterocycles. The van der Waals surface area contributed by atoms with Crippen molar-refractivity contribution in [3.63, 3.8) is 0 Å². The Morgan fingerprint density at radius 1 is 1.10 bits per heavy atom. The highest BCUT2D eigenvalue weighted by Crippen LogP contribution is 2.47. The molecule has 5 aliphatic rings. The maximum Gasteiger partial charge on any atom is 0.259 e. The standard InChI is InChI=1S/C43H56N6O8S2/c1-7-27-22-43(27,42(52)47-59(53,54)28-8-9-28)46-39(50)34-21-37(33-12-10-29(24(2)3)41(51)49(33)34)57-36-20-31(40-45-32(23-58-40)25(4)5)44-38-26(6)35(13-11-30(36)38)56-19-16-48-14-17-55-18-15-48/h7,11,13,20,23-25,27-29,33-34,37H,1,8-10,12,14-19,21-22H2,2-6H3,(H,46,50)(H,47,52)/t27-,29?,33-,34+,37-,43-/m1/s1. The van der Waals surface area contributed by atoms with E-state index in [9.17, 15) is 22.8 Å². The van der Waals surface area contributed by atoms with Crippen LogP contribution >= 0.6 is 11.3 Å². The Kier molecular flexibility index (Phi) is 11.6. The summed E-state index contributed by atoms with van der Waals surface area (Å²) in [6.07, 6.45) is 3.66. The van der Waals surface area contributed by atoms with Gasteiger partial charge in [0.15, 0.2) is 0 Å². The number of aryl methyl sites for hydroxylation is 1. The van der Waals surface area contributed by atoms with Crippen LogP contribution in [0.15, 0.2) is 36.2 Å². The van der Waals surface area contributed by atoms with Gasteiger partial charge in [0.2, 0.25) is 21.8 Å². The SMILES string of the molecule is C=C[C@@H]1C[C@]1(NC(=O)[C@@H]1C[C@@H](Oc2cc(-c3nc(C(C)C)cs3)nc3c(C)c(OCCN4CCOCC4)ccc23)[C@H]2CCC(C(C)C)C(=O)N21)C(=O)NS(=O)(=O)C1CC1. The quantitative estimate of drug-likeness (QED) is 0.199. The van der Waals surface area contributed by atoms with Crippen molar-refractivity contribution < 1.29 is 37.0 Å². The summed E-state index contributed by atoms with van der Waals surface area (Å²) in [6.45, 7) is 18.5. The number of hydrogen-bond donors (Lipinski definition) is 2. The van der Waals surface area contributed by atoms with Crippen molar-refractivity contribution in [1.82, 2.24) is 29.8 Å². The Hall–Kier alpha value is -4.12. The second-order valence-corrected chi connectivity index (χ2v) is 20.3. The zero-order valence-electron chi connectivity index (χ0n) is 34.6. The fraction of sp³-hybridized carbons (Fsp3) is 0.605. The fourth-order valence-electron chi connectivity index (χ4n) is 8.89. The molecule has 0 spiro atoms. The van der Waals surface area contributed by atoms with Crippen LogP contribution in [-0.4, -0.2) is 114 Å². The smallest absolute Gasteiger partial charge is 0.259 e. The molecule has 6 atom stereocenters. The molecule has 2 N–H and O–H groups in total. The van der Waals surface area contributed by atoms with Crippen LogP contribution in [0.5, 0.6) is 11.5 Å². The van der Waals surface area contributed by atoms with Crippen molar-refractivity contribution in [2.45, 2.75) is 108 Å². The van der Waals surface area contributed by atoms with E-state index < -0.39 is 56.7 Å². The number of nitrogens with one attached hydrogen (secondary N) is 2. The maximum atomic E-state index is 14.5. The second kappa shape index (κ2) is 16.4. The summed E-state index contributed by atoms with van der Waals surface area (Å²) in [4.78, 5) is 56.5. The Morgan fingerprint density at radius 2 is 1.86 bits per heavy atom. The van der Waals surface area contributed by atoms with Gasteiger partial charge in [0, 0.05) is 60.3 Å². The van der Waals surface area contributed by atoms with Gasteiger partial charge < -0.3 is 24.4 Å². The van der Waals surface area contributed by atoms with Crippen LogP contribution in [0.4, 0.5) is 0 Å². The molecule has 5 fully saturated rings. The van der Waals surface area contributed by atoms with Crippen LogP contribution in [0.3, 0.4) is 0 Å². The highest BCUT2D eigenvalue weighted by Gasteiger charge is 2.62. The fourth-order valence-corrected chi connectivity index (χ4v) is 11.2. The highest BCUT2D eigenvalue weighted by atomic mass is 32.2. The molecular weight excluding hydrogens is 793 g/mol. The molecular formula is C43H56N6O8S2. The van der Waals surface area contributed by atoms with Gasteiger partial charge in [-0.15, -0.1) is 17.9 Å². The molecule has 2 aliphatic carbocycles. The summed E-state index contributed by atoms with van der Waals surface area (Å²) in [5.41, 5.74) is 1.73. The number of nitrogens with zero attached hydrogens (tertiary/aromatic N) is 4. The van der Waals surface area contributed by atoms with Crippen LogP contribution in [0.25, 0.3) is 21.6 Å². The minimum atomic E-state index is -3.86. The van der Waals surface area contributed by atoms with Crippen LogP contribution in [-0.2, 0) is 29.1 Å². The van der Waals surface area contributed by atoms with Gasteiger partial charge in [-0.05, 0) is 63.0 Å². The summed E-state index contributed by atoms with van der Waals surface area (Å²) < 4.78 is 46.7. The number of pyridine rings is 1. The molecule has 1 aromatic carbocycles. The first kappa shape index (κ1) is 41.6. The number of rotatable bonds is 15. The van der Waals surface area contributed by atoms with Gasteiger partial charge in [-0.2, -0.15) is 0 Å². The molecule has 16 heteroatoms. The van der Waals surface area contributed by atoms with Gasteiger partial charge in [-0.1, -0.05) is 33.8 Å². The van der Waals surface area contributed by atoms with Crippen LogP contribution in [0.2, 0.25) is 0 Å². The Morgan fingerprint density at radius 3 is 2.53 bits per heavy atom. The van der Waals surface area contributed by atoms with Gasteiger partial charge in [-0.3, -0.25) is 24.0 Å². The number of morpholine rings is 1. The van der Waals surface area contributed by atoms with E-state index in [0.717, 1.165) is 60.2 Å². The summed E-state index contributed by atoms with van der Waals surface area (Å²) in [5.74, 6) is -0.548. The summed E-state index contributed by atoms with van der Waals surface area (Å²) in [7, 11) is -3.86. The van der Waals surface area contributed by atoms with Crippen LogP contribution in [0.1, 0.15) is 83.4 Å². The number of carbonyl (C=O) groups excluding carboxylic acids is 3. The Bertz CT molecular complexity index is 2230. The number of ether oxygens (including phenoxy) is 3. The topological polar surface area (TPSA) is 169 Å². The number of sulfonamides is 1. The lowest BCUT2D eigenvalue weighted by molar-refractivity contribution is -0.149. The summed E-state index contributed by atoms with van der Waals surface area (Å²) >= 11 is 1.52. The first-order chi connectivity index (χ1) is 28.2. The van der Waals surface area contributed by atoms with E-state index in [1.165, 1.54) is 11.3 Å². The molecule has 2 aromatic heterocycles. The van der Waals surface area contributed by atoms with E-state index in [0.29, 0.717) is 49.3 Å². The first-order valence-electron chi connectivity index (χ1n) is 21.0. The zero-order chi connectivity index (χ0) is 41.8. The van der Waals surface area contributed by atoms with E-state index in [4.69, 9.17) is 24.2 Å². The second-order valence-electron chi connectivity index (χ2n) is 17.5. The first-order valence-corrected chi connectivity index (χ1v) is 23.5. The minimum absolute atomic E-state index is 0.0550. The largest absolute Gasteiger partial charge is 0.492 e. The zero-order valence-corrected chi connectivity index (χ0v) is 36.2. The summed E-state index contributed by atoms with van der Waals surface area (Å²) in [5, 5.41) is 5.89. The normalized spacial score (nSPS) is 27.2. The average Bonchev–Trinajstić information content (AvgIpc) is 4.10. The molecule has 2 saturated carbocycles. The van der Waals surface area contributed by atoms with E-state index >= 15 is 0 Å². The number of fused-ring (bicyclic) bond motifs is 2. The summed E-state index contributed by atoms with van der Waals surface area (Å²) in [6, 6.07) is 4.45. The number of carbonyl (C=O) groups is 3. The van der Waals surface area contributed by atoms with Crippen LogP contribution < -0.4 is 19.5 Å². The number of amides is 3. The lowest BCUT2D eigenvalue weighted by atomic mass is 9.84. The lowest BCUT2D eigenvalue weighted by Crippen LogP contribution is -2.59.